The molecule has 6 nitrogen and oxygen atoms in total. The van der Waals surface area contributed by atoms with Gasteiger partial charge in [0.1, 0.15) is 5.75 Å². The standard InChI is InChI=1S/C17H23NO5/c1-11(2)13-5-4-12(3)14(8-13)23-10-16(19)18-6-7-22-15(9-18)17(20)21/h4-5,8,11,15H,6-7,9-10H2,1-3H3,(H,20,21). The number of hydrogen-bond donors (Lipinski definition) is 1. The largest absolute Gasteiger partial charge is 0.483 e. The van der Waals surface area contributed by atoms with Crippen molar-refractivity contribution in [3.05, 3.63) is 29.3 Å². The molecule has 0 spiro atoms. The Kier molecular flexibility index (Phi) is 5.60. The molecular formula is C17H23NO5. The van der Waals surface area contributed by atoms with Crippen LogP contribution in [0.2, 0.25) is 0 Å². The molecular weight excluding hydrogens is 298 g/mol. The summed E-state index contributed by atoms with van der Waals surface area (Å²) in [5.74, 6) is -0.213. The highest BCUT2D eigenvalue weighted by Gasteiger charge is 2.29. The van der Waals surface area contributed by atoms with Crippen molar-refractivity contribution >= 4 is 11.9 Å². The number of carboxylic acid groups (broad SMARTS) is 1. The van der Waals surface area contributed by atoms with Crippen molar-refractivity contribution in [1.82, 2.24) is 4.90 Å². The molecule has 0 saturated carbocycles. The molecule has 6 heteroatoms. The molecule has 1 heterocycles. The predicted molar refractivity (Wildman–Crippen MR) is 84.7 cm³/mol. The summed E-state index contributed by atoms with van der Waals surface area (Å²) < 4.78 is 10.8. The molecule has 23 heavy (non-hydrogen) atoms. The van der Waals surface area contributed by atoms with Gasteiger partial charge >= 0.3 is 5.97 Å². The fraction of sp³-hybridized carbons (Fsp3) is 0.529. The Morgan fingerprint density at radius 3 is 2.83 bits per heavy atom. The zero-order valence-corrected chi connectivity index (χ0v) is 13.7. The van der Waals surface area contributed by atoms with E-state index in [0.29, 0.717) is 18.2 Å². The lowest BCUT2D eigenvalue weighted by Crippen LogP contribution is -2.49. The minimum absolute atomic E-state index is 0.0581. The smallest absolute Gasteiger partial charge is 0.334 e. The average molecular weight is 321 g/mol. The molecule has 1 N–H and O–H groups in total. The van der Waals surface area contributed by atoms with E-state index in [9.17, 15) is 9.59 Å². The number of benzene rings is 1. The first kappa shape index (κ1) is 17.3. The van der Waals surface area contributed by atoms with Gasteiger partial charge in [0.25, 0.3) is 5.91 Å². The molecule has 1 amide bonds. The summed E-state index contributed by atoms with van der Waals surface area (Å²) in [7, 11) is 0. The highest BCUT2D eigenvalue weighted by molar-refractivity contribution is 5.79. The van der Waals surface area contributed by atoms with Crippen LogP contribution in [0.4, 0.5) is 0 Å². The molecule has 1 unspecified atom stereocenters. The first-order valence-corrected chi connectivity index (χ1v) is 7.74. The SMILES string of the molecule is Cc1ccc(C(C)C)cc1OCC(=O)N1CCOC(C(=O)O)C1. The highest BCUT2D eigenvalue weighted by Crippen LogP contribution is 2.24. The Bertz CT molecular complexity index is 584. The van der Waals surface area contributed by atoms with E-state index in [1.54, 1.807) is 0 Å². The van der Waals surface area contributed by atoms with Crippen LogP contribution < -0.4 is 4.74 Å². The summed E-state index contributed by atoms with van der Waals surface area (Å²) >= 11 is 0. The van der Waals surface area contributed by atoms with Crippen LogP contribution in [-0.4, -0.2) is 54.3 Å². The number of ether oxygens (including phenoxy) is 2. The van der Waals surface area contributed by atoms with Crippen molar-refractivity contribution in [3.8, 4) is 5.75 Å². The highest BCUT2D eigenvalue weighted by atomic mass is 16.5. The molecule has 1 fully saturated rings. The molecule has 0 bridgehead atoms. The topological polar surface area (TPSA) is 76.1 Å². The van der Waals surface area contributed by atoms with Crippen LogP contribution in [0.25, 0.3) is 0 Å². The second kappa shape index (κ2) is 7.46. The van der Waals surface area contributed by atoms with Crippen molar-refractivity contribution in [3.63, 3.8) is 0 Å². The number of carbonyl (C=O) groups excluding carboxylic acids is 1. The van der Waals surface area contributed by atoms with Crippen LogP contribution in [0.15, 0.2) is 18.2 Å². The number of amides is 1. The summed E-state index contributed by atoms with van der Waals surface area (Å²) in [6.07, 6.45) is -0.960. The van der Waals surface area contributed by atoms with Crippen molar-refractivity contribution in [2.45, 2.75) is 32.8 Å². The Morgan fingerprint density at radius 1 is 1.43 bits per heavy atom. The summed E-state index contributed by atoms with van der Waals surface area (Å²) in [6.45, 7) is 6.69. The molecule has 0 aliphatic carbocycles. The van der Waals surface area contributed by atoms with E-state index in [-0.39, 0.29) is 25.7 Å². The van der Waals surface area contributed by atoms with Gasteiger partial charge in [-0.3, -0.25) is 4.79 Å². The first-order chi connectivity index (χ1) is 10.9. The predicted octanol–water partition coefficient (Wildman–Crippen LogP) is 1.81. The average Bonchev–Trinajstić information content (AvgIpc) is 2.53. The van der Waals surface area contributed by atoms with Crippen LogP contribution >= 0.6 is 0 Å². The van der Waals surface area contributed by atoms with Gasteiger partial charge in [-0.05, 0) is 30.0 Å². The van der Waals surface area contributed by atoms with Gasteiger partial charge in [-0.2, -0.15) is 0 Å². The summed E-state index contributed by atoms with van der Waals surface area (Å²) in [6, 6.07) is 5.98. The van der Waals surface area contributed by atoms with Gasteiger partial charge < -0.3 is 19.5 Å². The molecule has 1 atom stereocenters. The van der Waals surface area contributed by atoms with Crippen LogP contribution in [0.1, 0.15) is 30.9 Å². The third-order valence-electron chi connectivity index (χ3n) is 3.92. The Balaban J connectivity index is 1.96. The fourth-order valence-corrected chi connectivity index (χ4v) is 2.39. The first-order valence-electron chi connectivity index (χ1n) is 7.74. The minimum Gasteiger partial charge on any atom is -0.483 e. The van der Waals surface area contributed by atoms with Gasteiger partial charge in [0, 0.05) is 6.54 Å². The number of aliphatic carboxylic acids is 1. The van der Waals surface area contributed by atoms with Crippen LogP contribution in [0.3, 0.4) is 0 Å². The number of nitrogens with zero attached hydrogens (tertiary/aromatic N) is 1. The van der Waals surface area contributed by atoms with Crippen molar-refractivity contribution < 1.29 is 24.2 Å². The van der Waals surface area contributed by atoms with Gasteiger partial charge in [0.15, 0.2) is 12.7 Å². The third kappa shape index (κ3) is 4.45. The normalized spacial score (nSPS) is 18.1. The molecule has 1 aromatic carbocycles. The molecule has 1 aliphatic rings. The van der Waals surface area contributed by atoms with E-state index in [1.165, 1.54) is 4.90 Å². The monoisotopic (exact) mass is 321 g/mol. The van der Waals surface area contributed by atoms with Gasteiger partial charge in [0.2, 0.25) is 0 Å². The van der Waals surface area contributed by atoms with E-state index in [2.05, 4.69) is 13.8 Å². The fourth-order valence-electron chi connectivity index (χ4n) is 2.39. The molecule has 126 valence electrons. The Morgan fingerprint density at radius 2 is 2.17 bits per heavy atom. The zero-order chi connectivity index (χ0) is 17.0. The third-order valence-corrected chi connectivity index (χ3v) is 3.92. The maximum atomic E-state index is 12.2. The van der Waals surface area contributed by atoms with E-state index in [4.69, 9.17) is 14.6 Å². The van der Waals surface area contributed by atoms with Gasteiger partial charge in [-0.1, -0.05) is 26.0 Å². The number of carbonyl (C=O) groups is 2. The summed E-state index contributed by atoms with van der Waals surface area (Å²) in [5, 5.41) is 8.97. The summed E-state index contributed by atoms with van der Waals surface area (Å²) in [4.78, 5) is 24.7. The van der Waals surface area contributed by atoms with Gasteiger partial charge in [0.05, 0.1) is 13.2 Å². The lowest BCUT2D eigenvalue weighted by atomic mass is 10.0. The number of rotatable bonds is 5. The number of morpholine rings is 1. The lowest BCUT2D eigenvalue weighted by molar-refractivity contribution is -0.159. The molecule has 1 aliphatic heterocycles. The van der Waals surface area contributed by atoms with Crippen LogP contribution in [-0.2, 0) is 14.3 Å². The van der Waals surface area contributed by atoms with Crippen molar-refractivity contribution in [1.29, 1.82) is 0 Å². The zero-order valence-electron chi connectivity index (χ0n) is 13.7. The van der Waals surface area contributed by atoms with E-state index >= 15 is 0 Å². The number of carboxylic acids is 1. The van der Waals surface area contributed by atoms with E-state index < -0.39 is 12.1 Å². The maximum Gasteiger partial charge on any atom is 0.334 e. The molecule has 0 aromatic heterocycles. The second-order valence-electron chi connectivity index (χ2n) is 6.01. The van der Waals surface area contributed by atoms with Gasteiger partial charge in [-0.15, -0.1) is 0 Å². The lowest BCUT2D eigenvalue weighted by Gasteiger charge is -2.30. The molecule has 2 rings (SSSR count). The number of aryl methyl sites for hydroxylation is 1. The van der Waals surface area contributed by atoms with Gasteiger partial charge in [-0.25, -0.2) is 4.79 Å². The Hall–Kier alpha value is -2.08. The van der Waals surface area contributed by atoms with Crippen molar-refractivity contribution in [2.24, 2.45) is 0 Å². The van der Waals surface area contributed by atoms with Crippen LogP contribution in [0.5, 0.6) is 5.75 Å². The Labute approximate surface area is 136 Å². The van der Waals surface area contributed by atoms with Crippen molar-refractivity contribution in [2.75, 3.05) is 26.3 Å². The number of hydrogen-bond acceptors (Lipinski definition) is 4. The summed E-state index contributed by atoms with van der Waals surface area (Å²) in [5.41, 5.74) is 2.11. The maximum absolute atomic E-state index is 12.2. The quantitative estimate of drug-likeness (QED) is 0.895. The molecule has 1 saturated heterocycles. The van der Waals surface area contributed by atoms with E-state index in [1.807, 2.05) is 25.1 Å². The molecule has 1 aromatic rings. The molecule has 0 radical (unpaired) electrons. The van der Waals surface area contributed by atoms with E-state index in [0.717, 1.165) is 11.1 Å². The minimum atomic E-state index is -1.05. The second-order valence-corrected chi connectivity index (χ2v) is 6.01. The van der Waals surface area contributed by atoms with Crippen LogP contribution in [0, 0.1) is 6.92 Å².